The van der Waals surface area contributed by atoms with Crippen LogP contribution >= 0.6 is 0 Å². The first-order chi connectivity index (χ1) is 14.1. The average molecular weight is 390 g/mol. The minimum absolute atomic E-state index is 0.256. The summed E-state index contributed by atoms with van der Waals surface area (Å²) in [5, 5.41) is 7.11. The van der Waals surface area contributed by atoms with Crippen LogP contribution in [0.4, 0.5) is 10.1 Å². The lowest BCUT2D eigenvalue weighted by molar-refractivity contribution is 0.102. The lowest BCUT2D eigenvalue weighted by Gasteiger charge is -2.12. The highest BCUT2D eigenvalue weighted by molar-refractivity contribution is 6.08. The van der Waals surface area contributed by atoms with Crippen molar-refractivity contribution in [3.8, 4) is 16.9 Å². The van der Waals surface area contributed by atoms with Crippen molar-refractivity contribution in [3.05, 3.63) is 88.7 Å². The minimum atomic E-state index is -0.455. The molecule has 2 aromatic carbocycles. The van der Waals surface area contributed by atoms with Gasteiger partial charge >= 0.3 is 0 Å². The van der Waals surface area contributed by atoms with E-state index in [1.807, 2.05) is 25.1 Å². The van der Waals surface area contributed by atoms with E-state index in [9.17, 15) is 14.0 Å². The Hall–Kier alpha value is -3.74. The normalized spacial score (nSPS) is 11.0. The molecule has 0 spiro atoms. The molecule has 7 heteroatoms. The molecular weight excluding hydrogens is 371 g/mol. The van der Waals surface area contributed by atoms with Gasteiger partial charge in [0.25, 0.3) is 11.5 Å². The van der Waals surface area contributed by atoms with E-state index in [1.54, 1.807) is 35.2 Å². The van der Waals surface area contributed by atoms with Crippen molar-refractivity contribution < 1.29 is 9.18 Å². The van der Waals surface area contributed by atoms with Crippen LogP contribution in [0.3, 0.4) is 0 Å². The van der Waals surface area contributed by atoms with E-state index in [2.05, 4.69) is 10.4 Å². The highest BCUT2D eigenvalue weighted by atomic mass is 19.1. The third-order valence-electron chi connectivity index (χ3n) is 4.53. The lowest BCUT2D eigenvalue weighted by atomic mass is 10.1. The molecule has 29 heavy (non-hydrogen) atoms. The van der Waals surface area contributed by atoms with Crippen LogP contribution in [0, 0.1) is 5.82 Å². The summed E-state index contributed by atoms with van der Waals surface area (Å²) in [5.74, 6) is -0.902. The van der Waals surface area contributed by atoms with Crippen LogP contribution in [-0.2, 0) is 6.54 Å². The zero-order chi connectivity index (χ0) is 20.4. The summed E-state index contributed by atoms with van der Waals surface area (Å²) in [4.78, 5) is 25.9. The van der Waals surface area contributed by atoms with E-state index >= 15 is 0 Å². The predicted molar refractivity (Wildman–Crippen MR) is 109 cm³/mol. The third kappa shape index (κ3) is 3.67. The average Bonchev–Trinajstić information content (AvgIpc) is 3.05. The molecule has 0 fully saturated rings. The number of carbonyl (C=O) groups excluding carboxylic acids is 1. The van der Waals surface area contributed by atoms with Crippen LogP contribution in [0.5, 0.6) is 0 Å². The highest BCUT2D eigenvalue weighted by Gasteiger charge is 2.24. The van der Waals surface area contributed by atoms with Crippen molar-refractivity contribution in [2.45, 2.75) is 19.9 Å². The smallest absolute Gasteiger partial charge is 0.282 e. The summed E-state index contributed by atoms with van der Waals surface area (Å²) in [5.41, 5.74) is 1.57. The monoisotopic (exact) mass is 390 g/mol. The van der Waals surface area contributed by atoms with Gasteiger partial charge in [0.05, 0.1) is 16.8 Å². The number of rotatable bonds is 5. The molecule has 0 aromatic heterocycles. The molecule has 2 heterocycles. The topological polar surface area (TPSA) is 68.9 Å². The van der Waals surface area contributed by atoms with Crippen molar-refractivity contribution in [1.82, 2.24) is 14.3 Å². The minimum Gasteiger partial charge on any atom is -0.353 e. The Balaban J connectivity index is 1.83. The lowest BCUT2D eigenvalue weighted by Crippen LogP contribution is -2.17. The third-order valence-corrected chi connectivity index (χ3v) is 4.53. The van der Waals surface area contributed by atoms with Crippen LogP contribution in [0.25, 0.3) is 16.9 Å². The number of hydrogen-bond donors (Lipinski definition) is 1. The van der Waals surface area contributed by atoms with Crippen LogP contribution in [0.2, 0.25) is 0 Å². The number of para-hydroxylation sites is 1. The van der Waals surface area contributed by atoms with Gasteiger partial charge in [-0.1, -0.05) is 31.2 Å². The first-order valence-corrected chi connectivity index (χ1v) is 9.32. The van der Waals surface area contributed by atoms with Crippen molar-refractivity contribution >= 4 is 11.6 Å². The molecule has 0 bridgehead atoms. The van der Waals surface area contributed by atoms with Gasteiger partial charge in [0, 0.05) is 24.6 Å². The number of hydrogen-bond acceptors (Lipinski definition) is 3. The number of anilines is 1. The Morgan fingerprint density at radius 1 is 1.10 bits per heavy atom. The van der Waals surface area contributed by atoms with Gasteiger partial charge in [0.15, 0.2) is 0 Å². The molecule has 2 aliphatic rings. The van der Waals surface area contributed by atoms with E-state index in [1.165, 1.54) is 22.9 Å². The number of benzene rings is 2. The van der Waals surface area contributed by atoms with Crippen molar-refractivity contribution in [3.63, 3.8) is 0 Å². The van der Waals surface area contributed by atoms with Gasteiger partial charge in [-0.05, 0) is 36.8 Å². The van der Waals surface area contributed by atoms with Gasteiger partial charge in [0.2, 0.25) is 0 Å². The number of amides is 1. The highest BCUT2D eigenvalue weighted by Crippen LogP contribution is 2.23. The first kappa shape index (κ1) is 18.6. The number of nitrogens with one attached hydrogen (secondary N) is 1. The van der Waals surface area contributed by atoms with Crippen molar-refractivity contribution in [2.24, 2.45) is 0 Å². The molecule has 2 aromatic rings. The molecule has 0 atom stereocenters. The second-order valence-electron chi connectivity index (χ2n) is 6.69. The second kappa shape index (κ2) is 7.71. The van der Waals surface area contributed by atoms with E-state index in [4.69, 9.17) is 0 Å². The first-order valence-electron chi connectivity index (χ1n) is 9.32. The molecule has 0 aliphatic carbocycles. The maximum absolute atomic E-state index is 13.5. The number of aromatic nitrogens is 3. The number of carbonyl (C=O) groups is 1. The Labute approximate surface area is 166 Å². The van der Waals surface area contributed by atoms with Gasteiger partial charge < -0.3 is 9.88 Å². The van der Waals surface area contributed by atoms with E-state index in [-0.39, 0.29) is 11.1 Å². The zero-order valence-corrected chi connectivity index (χ0v) is 15.8. The molecule has 4 rings (SSSR count). The fourth-order valence-corrected chi connectivity index (χ4v) is 3.22. The van der Waals surface area contributed by atoms with Gasteiger partial charge in [0.1, 0.15) is 11.5 Å². The SMILES string of the molecule is CCCn1cc(C(=O)Nc2cccc(F)c2)c2nn(-c3ccccc3)c(=O)c-2c1. The molecular formula is C22H19FN4O2. The molecule has 0 radical (unpaired) electrons. The number of pyridine rings is 1. The van der Waals surface area contributed by atoms with E-state index in [0.717, 1.165) is 6.42 Å². The molecule has 2 aliphatic heterocycles. The molecule has 0 saturated heterocycles. The summed E-state index contributed by atoms with van der Waals surface area (Å²) >= 11 is 0. The summed E-state index contributed by atoms with van der Waals surface area (Å²) in [6.45, 7) is 2.65. The Kier molecular flexibility index (Phi) is 4.95. The van der Waals surface area contributed by atoms with Crippen LogP contribution in [0.1, 0.15) is 23.7 Å². The van der Waals surface area contributed by atoms with Gasteiger partial charge in [-0.15, -0.1) is 0 Å². The van der Waals surface area contributed by atoms with Gasteiger partial charge in [-0.3, -0.25) is 9.59 Å². The van der Waals surface area contributed by atoms with Gasteiger partial charge in [-0.2, -0.15) is 9.78 Å². The molecule has 1 N–H and O–H groups in total. The summed E-state index contributed by atoms with van der Waals surface area (Å²) < 4.78 is 16.6. The maximum Gasteiger partial charge on any atom is 0.282 e. The number of fused-ring (bicyclic) bond motifs is 1. The quantitative estimate of drug-likeness (QED) is 0.561. The van der Waals surface area contributed by atoms with E-state index < -0.39 is 11.7 Å². The fraction of sp³-hybridized carbons (Fsp3) is 0.136. The summed E-state index contributed by atoms with van der Waals surface area (Å²) in [7, 11) is 0. The molecule has 6 nitrogen and oxygen atoms in total. The molecule has 1 amide bonds. The second-order valence-corrected chi connectivity index (χ2v) is 6.69. The summed E-state index contributed by atoms with van der Waals surface area (Å²) in [6.07, 6.45) is 4.22. The van der Waals surface area contributed by atoms with Crippen molar-refractivity contribution in [2.75, 3.05) is 5.32 Å². The van der Waals surface area contributed by atoms with Crippen molar-refractivity contribution in [1.29, 1.82) is 0 Å². The number of nitrogens with zero attached hydrogens (tertiary/aromatic N) is 3. The Morgan fingerprint density at radius 3 is 2.62 bits per heavy atom. The summed E-state index contributed by atoms with van der Waals surface area (Å²) in [6, 6.07) is 14.7. The van der Waals surface area contributed by atoms with Gasteiger partial charge in [-0.25, -0.2) is 4.39 Å². The fourth-order valence-electron chi connectivity index (χ4n) is 3.22. The van der Waals surface area contributed by atoms with E-state index in [0.29, 0.717) is 29.2 Å². The Morgan fingerprint density at radius 2 is 1.90 bits per heavy atom. The maximum atomic E-state index is 13.5. The van der Waals surface area contributed by atoms with Crippen LogP contribution < -0.4 is 10.9 Å². The van der Waals surface area contributed by atoms with Crippen LogP contribution in [-0.4, -0.2) is 20.3 Å². The number of aryl methyl sites for hydroxylation is 1. The predicted octanol–water partition coefficient (Wildman–Crippen LogP) is 3.94. The van der Waals surface area contributed by atoms with Crippen LogP contribution in [0.15, 0.2) is 71.8 Å². The largest absolute Gasteiger partial charge is 0.353 e. The number of halogens is 1. The molecule has 0 unspecified atom stereocenters. The Bertz CT molecular complexity index is 1200. The molecule has 0 saturated carbocycles. The standard InChI is InChI=1S/C22H19FN4O2/c1-2-11-26-13-18(21(28)24-16-8-6-7-15(23)12-16)20-19(14-26)22(29)27(25-20)17-9-4-3-5-10-17/h3-10,12-14H,2,11H2,1H3,(H,24,28). The zero-order valence-electron chi connectivity index (χ0n) is 15.8. The molecule has 146 valence electrons.